The second-order valence-corrected chi connectivity index (χ2v) is 8.60. The fourth-order valence-electron chi connectivity index (χ4n) is 2.89. The summed E-state index contributed by atoms with van der Waals surface area (Å²) >= 11 is 7.27. The summed E-state index contributed by atoms with van der Waals surface area (Å²) in [7, 11) is 1.63. The largest absolute Gasteiger partial charge is 0.456 e. The average molecular weight is 448 g/mol. The van der Waals surface area contributed by atoms with Crippen LogP contribution in [0, 0.1) is 0 Å². The molecule has 7 nitrogen and oxygen atoms in total. The first-order valence-electron chi connectivity index (χ1n) is 9.49. The van der Waals surface area contributed by atoms with Gasteiger partial charge in [-0.05, 0) is 17.7 Å². The highest BCUT2D eigenvalue weighted by molar-refractivity contribution is 7.16. The lowest BCUT2D eigenvalue weighted by Gasteiger charge is -2.16. The van der Waals surface area contributed by atoms with Gasteiger partial charge in [0.05, 0.1) is 29.6 Å². The lowest BCUT2D eigenvalue weighted by molar-refractivity contribution is -0.152. The number of esters is 1. The van der Waals surface area contributed by atoms with Gasteiger partial charge in [0, 0.05) is 24.8 Å². The Labute approximate surface area is 183 Å². The third-order valence-electron chi connectivity index (χ3n) is 4.54. The highest BCUT2D eigenvalue weighted by atomic mass is 35.5. The Morgan fingerprint density at radius 2 is 1.93 bits per heavy atom. The standard InChI is InChI=1S/C21H22ClN3O4S/c1-24(13-16-7-8-18(22)30-16)20(27)14-29-21(28)10-9-19(26)25-12-11-17(23-25)15-5-3-2-4-6-15/h2-8H,9-14H2,1H3. The minimum absolute atomic E-state index is 0.0118. The summed E-state index contributed by atoms with van der Waals surface area (Å²) in [6, 6.07) is 13.3. The molecule has 0 atom stereocenters. The molecular weight excluding hydrogens is 426 g/mol. The van der Waals surface area contributed by atoms with Crippen LogP contribution in [0.15, 0.2) is 47.6 Å². The molecule has 0 N–H and O–H groups in total. The summed E-state index contributed by atoms with van der Waals surface area (Å²) in [5, 5.41) is 5.74. The molecule has 0 saturated carbocycles. The Morgan fingerprint density at radius 1 is 1.17 bits per heavy atom. The van der Waals surface area contributed by atoms with Crippen LogP contribution in [0.1, 0.15) is 29.7 Å². The van der Waals surface area contributed by atoms with E-state index in [-0.39, 0.29) is 31.3 Å². The smallest absolute Gasteiger partial charge is 0.306 e. The number of hydrogen-bond acceptors (Lipinski definition) is 6. The van der Waals surface area contributed by atoms with E-state index in [0.29, 0.717) is 23.8 Å². The first-order chi connectivity index (χ1) is 14.4. The molecule has 9 heteroatoms. The van der Waals surface area contributed by atoms with Crippen molar-refractivity contribution in [3.05, 3.63) is 57.2 Å². The predicted octanol–water partition coefficient (Wildman–Crippen LogP) is 3.32. The van der Waals surface area contributed by atoms with Crippen molar-refractivity contribution < 1.29 is 19.1 Å². The Bertz CT molecular complexity index is 945. The highest BCUT2D eigenvalue weighted by Gasteiger charge is 2.22. The monoisotopic (exact) mass is 447 g/mol. The van der Waals surface area contributed by atoms with Gasteiger partial charge in [-0.25, -0.2) is 5.01 Å². The molecule has 0 saturated heterocycles. The van der Waals surface area contributed by atoms with Crippen molar-refractivity contribution in [1.82, 2.24) is 9.91 Å². The number of likely N-dealkylation sites (N-methyl/N-ethyl adjacent to an activating group) is 1. The van der Waals surface area contributed by atoms with E-state index in [4.69, 9.17) is 16.3 Å². The molecule has 1 aromatic carbocycles. The van der Waals surface area contributed by atoms with E-state index in [1.807, 2.05) is 36.4 Å². The molecule has 0 fully saturated rings. The number of carbonyl (C=O) groups is 3. The Morgan fingerprint density at radius 3 is 2.63 bits per heavy atom. The Kier molecular flexibility index (Phi) is 7.59. The van der Waals surface area contributed by atoms with E-state index in [2.05, 4.69) is 5.10 Å². The van der Waals surface area contributed by atoms with Crippen molar-refractivity contribution in [2.45, 2.75) is 25.8 Å². The number of hydrogen-bond donors (Lipinski definition) is 0. The van der Waals surface area contributed by atoms with Crippen LogP contribution < -0.4 is 0 Å². The first kappa shape index (κ1) is 22.0. The normalized spacial score (nSPS) is 13.1. The maximum absolute atomic E-state index is 12.3. The zero-order chi connectivity index (χ0) is 21.5. The fraction of sp³-hybridized carbons (Fsp3) is 0.333. The molecule has 0 radical (unpaired) electrons. The summed E-state index contributed by atoms with van der Waals surface area (Å²) in [6.45, 7) is 0.528. The number of nitrogens with zero attached hydrogens (tertiary/aromatic N) is 3. The quantitative estimate of drug-likeness (QED) is 0.581. The number of amides is 2. The van der Waals surface area contributed by atoms with Crippen molar-refractivity contribution in [2.75, 3.05) is 20.2 Å². The summed E-state index contributed by atoms with van der Waals surface area (Å²) < 4.78 is 5.66. The molecule has 30 heavy (non-hydrogen) atoms. The number of ether oxygens (including phenoxy) is 1. The van der Waals surface area contributed by atoms with Gasteiger partial charge in [0.2, 0.25) is 5.91 Å². The van der Waals surface area contributed by atoms with Crippen molar-refractivity contribution >= 4 is 46.4 Å². The highest BCUT2D eigenvalue weighted by Crippen LogP contribution is 2.22. The number of benzene rings is 1. The Hall–Kier alpha value is -2.71. The number of carbonyl (C=O) groups excluding carboxylic acids is 3. The zero-order valence-corrected chi connectivity index (χ0v) is 18.1. The predicted molar refractivity (Wildman–Crippen MR) is 115 cm³/mol. The van der Waals surface area contributed by atoms with E-state index in [1.54, 1.807) is 13.1 Å². The molecule has 0 spiro atoms. The Balaban J connectivity index is 1.38. The van der Waals surface area contributed by atoms with Crippen LogP contribution in [0.5, 0.6) is 0 Å². The van der Waals surface area contributed by atoms with Crippen LogP contribution >= 0.6 is 22.9 Å². The SMILES string of the molecule is CN(Cc1ccc(Cl)s1)C(=O)COC(=O)CCC(=O)N1CCC(c2ccccc2)=N1. The van der Waals surface area contributed by atoms with Crippen LogP contribution in [0.3, 0.4) is 0 Å². The van der Waals surface area contributed by atoms with Gasteiger partial charge in [-0.3, -0.25) is 14.4 Å². The third kappa shape index (κ3) is 6.14. The molecule has 2 heterocycles. The average Bonchev–Trinajstić information content (AvgIpc) is 3.40. The van der Waals surface area contributed by atoms with Crippen LogP contribution in [-0.4, -0.2) is 53.6 Å². The summed E-state index contributed by atoms with van der Waals surface area (Å²) in [5.41, 5.74) is 1.84. The maximum atomic E-state index is 12.3. The number of rotatable bonds is 8. The third-order valence-corrected chi connectivity index (χ3v) is 5.76. The molecule has 1 aliphatic heterocycles. The summed E-state index contributed by atoms with van der Waals surface area (Å²) in [5.74, 6) is -1.15. The number of halogens is 1. The van der Waals surface area contributed by atoms with E-state index in [0.717, 1.165) is 16.2 Å². The number of hydrazone groups is 1. The minimum atomic E-state index is -0.587. The van der Waals surface area contributed by atoms with Crippen molar-refractivity contribution in [3.8, 4) is 0 Å². The molecule has 1 aliphatic rings. The molecule has 2 aromatic rings. The van der Waals surface area contributed by atoms with E-state index in [1.165, 1.54) is 21.2 Å². The van der Waals surface area contributed by atoms with Crippen molar-refractivity contribution in [1.29, 1.82) is 0 Å². The molecule has 2 amide bonds. The maximum Gasteiger partial charge on any atom is 0.306 e. The number of thiophene rings is 1. The summed E-state index contributed by atoms with van der Waals surface area (Å²) in [4.78, 5) is 38.7. The van der Waals surface area contributed by atoms with Crippen LogP contribution in [-0.2, 0) is 25.7 Å². The van der Waals surface area contributed by atoms with Gasteiger partial charge in [-0.15, -0.1) is 11.3 Å². The van der Waals surface area contributed by atoms with E-state index < -0.39 is 5.97 Å². The topological polar surface area (TPSA) is 79.3 Å². The zero-order valence-electron chi connectivity index (χ0n) is 16.5. The van der Waals surface area contributed by atoms with Gasteiger partial charge in [-0.2, -0.15) is 5.10 Å². The van der Waals surface area contributed by atoms with Gasteiger partial charge in [0.15, 0.2) is 6.61 Å². The van der Waals surface area contributed by atoms with E-state index in [9.17, 15) is 14.4 Å². The van der Waals surface area contributed by atoms with Crippen LogP contribution in [0.2, 0.25) is 4.34 Å². The van der Waals surface area contributed by atoms with Gasteiger partial charge in [0.1, 0.15) is 0 Å². The van der Waals surface area contributed by atoms with Crippen molar-refractivity contribution in [3.63, 3.8) is 0 Å². The molecule has 0 aliphatic carbocycles. The first-order valence-corrected chi connectivity index (χ1v) is 10.7. The minimum Gasteiger partial charge on any atom is -0.456 e. The second-order valence-electron chi connectivity index (χ2n) is 6.80. The molecule has 3 rings (SSSR count). The molecular formula is C21H22ClN3O4S. The molecule has 0 unspecified atom stereocenters. The molecule has 1 aromatic heterocycles. The second kappa shape index (κ2) is 10.4. The molecule has 0 bridgehead atoms. The van der Waals surface area contributed by atoms with Gasteiger partial charge in [-0.1, -0.05) is 41.9 Å². The fourth-order valence-corrected chi connectivity index (χ4v) is 4.03. The van der Waals surface area contributed by atoms with Crippen molar-refractivity contribution in [2.24, 2.45) is 5.10 Å². The van der Waals surface area contributed by atoms with E-state index >= 15 is 0 Å². The summed E-state index contributed by atoms with van der Waals surface area (Å²) in [6.07, 6.45) is 0.571. The van der Waals surface area contributed by atoms with Crippen LogP contribution in [0.4, 0.5) is 0 Å². The van der Waals surface area contributed by atoms with Gasteiger partial charge < -0.3 is 9.64 Å². The van der Waals surface area contributed by atoms with Gasteiger partial charge >= 0.3 is 5.97 Å². The lowest BCUT2D eigenvalue weighted by Crippen LogP contribution is -2.30. The molecule has 158 valence electrons. The van der Waals surface area contributed by atoms with Crippen LogP contribution in [0.25, 0.3) is 0 Å². The van der Waals surface area contributed by atoms with Gasteiger partial charge in [0.25, 0.3) is 5.91 Å². The lowest BCUT2D eigenvalue weighted by atomic mass is 10.1.